The topological polar surface area (TPSA) is 71.2 Å². The van der Waals surface area contributed by atoms with Crippen molar-refractivity contribution in [3.63, 3.8) is 0 Å². The number of para-hydroxylation sites is 1. The molecule has 2 atom stereocenters. The summed E-state index contributed by atoms with van der Waals surface area (Å²) in [6.07, 6.45) is 0.938. The van der Waals surface area contributed by atoms with Crippen LogP contribution >= 0.6 is 23.2 Å². The number of aromatic nitrogens is 1. The average Bonchev–Trinajstić information content (AvgIpc) is 3.04. The van der Waals surface area contributed by atoms with Crippen molar-refractivity contribution in [2.45, 2.75) is 32.4 Å². The summed E-state index contributed by atoms with van der Waals surface area (Å²) < 4.78 is 5.30. The zero-order chi connectivity index (χ0) is 20.3. The fraction of sp³-hybridized carbons (Fsp3) is 0.238. The van der Waals surface area contributed by atoms with Crippen molar-refractivity contribution >= 4 is 46.0 Å². The fourth-order valence-electron chi connectivity index (χ4n) is 2.99. The number of aromatic amines is 1. The standard InChI is InChI=1S/C21H20Cl2N2O3/c1-12(16-8-7-15(22)10-18(16)23)25-21(27)13(2)28-20(26)9-14-11-24-19-6-4-3-5-17(14)19/h3-8,10-13,24H,9H2,1-2H3,(H,25,27). The molecule has 0 aliphatic heterocycles. The van der Waals surface area contributed by atoms with Crippen LogP contribution in [0.3, 0.4) is 0 Å². The molecule has 3 aromatic rings. The highest BCUT2D eigenvalue weighted by molar-refractivity contribution is 6.35. The third kappa shape index (κ3) is 4.66. The smallest absolute Gasteiger partial charge is 0.311 e. The number of amides is 1. The van der Waals surface area contributed by atoms with Crippen LogP contribution in [0.2, 0.25) is 10.0 Å². The molecular weight excluding hydrogens is 399 g/mol. The molecule has 1 heterocycles. The number of carbonyl (C=O) groups is 2. The second-order valence-corrected chi connectivity index (χ2v) is 7.41. The Hall–Kier alpha value is -2.50. The van der Waals surface area contributed by atoms with Crippen molar-refractivity contribution in [1.29, 1.82) is 0 Å². The summed E-state index contributed by atoms with van der Waals surface area (Å²) in [6.45, 7) is 3.34. The van der Waals surface area contributed by atoms with Crippen LogP contribution in [-0.4, -0.2) is 23.0 Å². The Morgan fingerprint density at radius 3 is 2.64 bits per heavy atom. The first kappa shape index (κ1) is 20.2. The molecule has 0 aliphatic rings. The monoisotopic (exact) mass is 418 g/mol. The van der Waals surface area contributed by atoms with Gasteiger partial charge in [0.1, 0.15) is 0 Å². The van der Waals surface area contributed by atoms with Gasteiger partial charge in [-0.05, 0) is 43.2 Å². The Bertz CT molecular complexity index is 1020. The van der Waals surface area contributed by atoms with Gasteiger partial charge in [-0.25, -0.2) is 0 Å². The maximum Gasteiger partial charge on any atom is 0.311 e. The van der Waals surface area contributed by atoms with Gasteiger partial charge in [0.05, 0.1) is 12.5 Å². The first-order valence-corrected chi connectivity index (χ1v) is 9.60. The zero-order valence-electron chi connectivity index (χ0n) is 15.5. The SMILES string of the molecule is CC(OC(=O)Cc1c[nH]c2ccccc12)C(=O)NC(C)c1ccc(Cl)cc1Cl. The maximum absolute atomic E-state index is 12.4. The number of fused-ring (bicyclic) bond motifs is 1. The Kier molecular flexibility index (Phi) is 6.27. The molecule has 28 heavy (non-hydrogen) atoms. The van der Waals surface area contributed by atoms with Crippen LogP contribution in [0.4, 0.5) is 0 Å². The van der Waals surface area contributed by atoms with E-state index >= 15 is 0 Å². The molecule has 0 radical (unpaired) electrons. The van der Waals surface area contributed by atoms with Gasteiger partial charge in [0.25, 0.3) is 5.91 Å². The van der Waals surface area contributed by atoms with E-state index in [4.69, 9.17) is 27.9 Å². The second-order valence-electron chi connectivity index (χ2n) is 6.56. The lowest BCUT2D eigenvalue weighted by atomic mass is 10.1. The lowest BCUT2D eigenvalue weighted by molar-refractivity contribution is -0.154. The molecule has 0 bridgehead atoms. The van der Waals surface area contributed by atoms with Crippen molar-refractivity contribution in [1.82, 2.24) is 10.3 Å². The van der Waals surface area contributed by atoms with E-state index < -0.39 is 18.0 Å². The Morgan fingerprint density at radius 1 is 1.14 bits per heavy atom. The van der Waals surface area contributed by atoms with Crippen LogP contribution in [0.15, 0.2) is 48.7 Å². The number of hydrogen-bond acceptors (Lipinski definition) is 3. The van der Waals surface area contributed by atoms with Gasteiger partial charge in [0.15, 0.2) is 6.10 Å². The van der Waals surface area contributed by atoms with E-state index in [1.807, 2.05) is 24.3 Å². The number of carbonyl (C=O) groups excluding carboxylic acids is 2. The molecule has 2 N–H and O–H groups in total. The molecule has 2 aromatic carbocycles. The van der Waals surface area contributed by atoms with Gasteiger partial charge in [-0.2, -0.15) is 0 Å². The van der Waals surface area contributed by atoms with Crippen LogP contribution in [0.5, 0.6) is 0 Å². The molecule has 2 unspecified atom stereocenters. The quantitative estimate of drug-likeness (QED) is 0.563. The molecule has 0 saturated carbocycles. The highest BCUT2D eigenvalue weighted by Crippen LogP contribution is 2.26. The Morgan fingerprint density at radius 2 is 1.89 bits per heavy atom. The molecule has 0 aliphatic carbocycles. The first-order valence-electron chi connectivity index (χ1n) is 8.85. The van der Waals surface area contributed by atoms with Gasteiger partial charge >= 0.3 is 5.97 Å². The molecule has 7 heteroatoms. The van der Waals surface area contributed by atoms with E-state index in [2.05, 4.69) is 10.3 Å². The molecule has 146 valence electrons. The van der Waals surface area contributed by atoms with E-state index in [9.17, 15) is 9.59 Å². The van der Waals surface area contributed by atoms with Gasteiger partial charge in [0.2, 0.25) is 0 Å². The molecule has 0 saturated heterocycles. The molecule has 0 spiro atoms. The highest BCUT2D eigenvalue weighted by Gasteiger charge is 2.21. The molecular formula is C21H20Cl2N2O3. The van der Waals surface area contributed by atoms with E-state index in [1.165, 1.54) is 0 Å². The Balaban J connectivity index is 1.58. The van der Waals surface area contributed by atoms with E-state index in [1.54, 1.807) is 38.2 Å². The molecule has 3 rings (SSSR count). The highest BCUT2D eigenvalue weighted by atomic mass is 35.5. The predicted octanol–water partition coefficient (Wildman–Crippen LogP) is 4.83. The zero-order valence-corrected chi connectivity index (χ0v) is 17.0. The van der Waals surface area contributed by atoms with Gasteiger partial charge in [0, 0.05) is 27.1 Å². The summed E-state index contributed by atoms with van der Waals surface area (Å²) in [7, 11) is 0. The maximum atomic E-state index is 12.4. The van der Waals surface area contributed by atoms with Gasteiger partial charge < -0.3 is 15.0 Å². The normalized spacial score (nSPS) is 13.1. The lowest BCUT2D eigenvalue weighted by Gasteiger charge is -2.19. The molecule has 1 amide bonds. The van der Waals surface area contributed by atoms with Gasteiger partial charge in [-0.3, -0.25) is 9.59 Å². The number of halogens is 2. The summed E-state index contributed by atoms with van der Waals surface area (Å²) in [5, 5.41) is 4.74. The fourth-order valence-corrected chi connectivity index (χ4v) is 3.56. The van der Waals surface area contributed by atoms with E-state index in [0.717, 1.165) is 22.0 Å². The second kappa shape index (κ2) is 8.67. The van der Waals surface area contributed by atoms with Gasteiger partial charge in [-0.1, -0.05) is 47.5 Å². The number of nitrogens with one attached hydrogen (secondary N) is 2. The number of hydrogen-bond donors (Lipinski definition) is 2. The van der Waals surface area contributed by atoms with E-state index in [0.29, 0.717) is 10.0 Å². The minimum Gasteiger partial charge on any atom is -0.452 e. The number of H-pyrrole nitrogens is 1. The third-order valence-electron chi connectivity index (χ3n) is 4.47. The summed E-state index contributed by atoms with van der Waals surface area (Å²) in [4.78, 5) is 27.8. The molecule has 1 aromatic heterocycles. The van der Waals surface area contributed by atoms with Crippen molar-refractivity contribution in [2.24, 2.45) is 0 Å². The van der Waals surface area contributed by atoms with Crippen LogP contribution in [0.25, 0.3) is 10.9 Å². The Labute approximate surface area is 173 Å². The van der Waals surface area contributed by atoms with Crippen LogP contribution in [-0.2, 0) is 20.7 Å². The number of ether oxygens (including phenoxy) is 1. The predicted molar refractivity (Wildman–Crippen MR) is 111 cm³/mol. The van der Waals surface area contributed by atoms with Crippen molar-refractivity contribution in [3.8, 4) is 0 Å². The van der Waals surface area contributed by atoms with E-state index in [-0.39, 0.29) is 12.5 Å². The average molecular weight is 419 g/mol. The van der Waals surface area contributed by atoms with Gasteiger partial charge in [-0.15, -0.1) is 0 Å². The van der Waals surface area contributed by atoms with Crippen LogP contribution < -0.4 is 5.32 Å². The van der Waals surface area contributed by atoms with Crippen molar-refractivity contribution < 1.29 is 14.3 Å². The van der Waals surface area contributed by atoms with Crippen LogP contribution in [0, 0.1) is 0 Å². The first-order chi connectivity index (χ1) is 13.3. The van der Waals surface area contributed by atoms with Crippen LogP contribution in [0.1, 0.15) is 31.0 Å². The summed E-state index contributed by atoms with van der Waals surface area (Å²) in [5.41, 5.74) is 2.51. The lowest BCUT2D eigenvalue weighted by Crippen LogP contribution is -2.37. The minimum atomic E-state index is -0.925. The minimum absolute atomic E-state index is 0.0835. The number of esters is 1. The molecule has 5 nitrogen and oxygen atoms in total. The third-order valence-corrected chi connectivity index (χ3v) is 5.04. The number of benzene rings is 2. The summed E-state index contributed by atoms with van der Waals surface area (Å²) in [6, 6.07) is 12.4. The number of rotatable bonds is 6. The van der Waals surface area contributed by atoms with Crippen molar-refractivity contribution in [2.75, 3.05) is 0 Å². The summed E-state index contributed by atoms with van der Waals surface area (Å²) in [5.74, 6) is -0.865. The van der Waals surface area contributed by atoms with Crippen molar-refractivity contribution in [3.05, 3.63) is 69.8 Å². The largest absolute Gasteiger partial charge is 0.452 e. The summed E-state index contributed by atoms with van der Waals surface area (Å²) >= 11 is 12.1. The molecule has 0 fully saturated rings.